The predicted octanol–water partition coefficient (Wildman–Crippen LogP) is 4.39. The van der Waals surface area contributed by atoms with Crippen LogP contribution in [0.5, 0.6) is 0 Å². The molecule has 0 amide bonds. The standard InChI is InChI=1S/C19H17NO/c1-12-9-13(2)18(14(3)10-12)19(21)16-7-6-15-5-4-8-20-17(15)11-16/h4-11H,1-3H3. The molecule has 1 aromatic heterocycles. The number of nitrogens with zero attached hydrogens (tertiary/aromatic N) is 1. The van der Waals surface area contributed by atoms with Gasteiger partial charge in [0.25, 0.3) is 0 Å². The lowest BCUT2D eigenvalue weighted by Gasteiger charge is -2.10. The highest BCUT2D eigenvalue weighted by atomic mass is 16.1. The van der Waals surface area contributed by atoms with Crippen molar-refractivity contribution >= 4 is 16.7 Å². The Kier molecular flexibility index (Phi) is 3.30. The van der Waals surface area contributed by atoms with Gasteiger partial charge in [0, 0.05) is 22.7 Å². The molecule has 2 aromatic carbocycles. The van der Waals surface area contributed by atoms with E-state index in [2.05, 4.69) is 17.1 Å². The van der Waals surface area contributed by atoms with Crippen LogP contribution in [0.25, 0.3) is 10.9 Å². The molecule has 2 heteroatoms. The maximum Gasteiger partial charge on any atom is 0.193 e. The van der Waals surface area contributed by atoms with Crippen molar-refractivity contribution < 1.29 is 4.79 Å². The van der Waals surface area contributed by atoms with Gasteiger partial charge in [0.05, 0.1) is 5.52 Å². The zero-order valence-electron chi connectivity index (χ0n) is 12.5. The molecule has 104 valence electrons. The lowest BCUT2D eigenvalue weighted by Crippen LogP contribution is -2.07. The average Bonchev–Trinajstić information content (AvgIpc) is 2.45. The molecule has 0 bridgehead atoms. The Balaban J connectivity index is 2.12. The van der Waals surface area contributed by atoms with Crippen LogP contribution < -0.4 is 0 Å². The molecule has 3 rings (SSSR count). The Morgan fingerprint density at radius 2 is 1.67 bits per heavy atom. The Morgan fingerprint density at radius 3 is 2.38 bits per heavy atom. The molecule has 0 N–H and O–H groups in total. The lowest BCUT2D eigenvalue weighted by molar-refractivity contribution is 0.103. The maximum absolute atomic E-state index is 12.8. The molecule has 0 aliphatic rings. The Hall–Kier alpha value is -2.48. The number of hydrogen-bond acceptors (Lipinski definition) is 2. The third-order valence-electron chi connectivity index (χ3n) is 3.77. The monoisotopic (exact) mass is 275 g/mol. The summed E-state index contributed by atoms with van der Waals surface area (Å²) in [5.74, 6) is 0.0672. The molecule has 0 saturated carbocycles. The first-order valence-corrected chi connectivity index (χ1v) is 7.03. The van der Waals surface area contributed by atoms with E-state index in [1.54, 1.807) is 6.20 Å². The van der Waals surface area contributed by atoms with Crippen molar-refractivity contribution in [2.24, 2.45) is 0 Å². The second-order valence-electron chi connectivity index (χ2n) is 5.51. The molecule has 0 spiro atoms. The highest BCUT2D eigenvalue weighted by Crippen LogP contribution is 2.22. The SMILES string of the molecule is Cc1cc(C)c(C(=O)c2ccc3cccnc3c2)c(C)c1. The van der Waals surface area contributed by atoms with E-state index in [4.69, 9.17) is 0 Å². The van der Waals surface area contributed by atoms with E-state index in [1.807, 2.05) is 51.1 Å². The minimum absolute atomic E-state index is 0.0672. The average molecular weight is 275 g/mol. The fourth-order valence-corrected chi connectivity index (χ4v) is 2.89. The van der Waals surface area contributed by atoms with Crippen LogP contribution in [0.1, 0.15) is 32.6 Å². The molecular formula is C19H17NO. The van der Waals surface area contributed by atoms with Gasteiger partial charge >= 0.3 is 0 Å². The number of aryl methyl sites for hydroxylation is 3. The summed E-state index contributed by atoms with van der Waals surface area (Å²) in [6.45, 7) is 6.03. The summed E-state index contributed by atoms with van der Waals surface area (Å²) in [5.41, 5.74) is 5.58. The number of fused-ring (bicyclic) bond motifs is 1. The highest BCUT2D eigenvalue weighted by Gasteiger charge is 2.15. The van der Waals surface area contributed by atoms with E-state index < -0.39 is 0 Å². The van der Waals surface area contributed by atoms with Crippen molar-refractivity contribution in [3.05, 3.63) is 76.5 Å². The summed E-state index contributed by atoms with van der Waals surface area (Å²) in [4.78, 5) is 17.1. The van der Waals surface area contributed by atoms with Gasteiger partial charge in [0.2, 0.25) is 0 Å². The van der Waals surface area contributed by atoms with Gasteiger partial charge in [-0.05, 0) is 44.0 Å². The molecule has 0 radical (unpaired) electrons. The van der Waals surface area contributed by atoms with Gasteiger partial charge in [-0.3, -0.25) is 9.78 Å². The number of carbonyl (C=O) groups is 1. The van der Waals surface area contributed by atoms with Crippen molar-refractivity contribution in [1.29, 1.82) is 0 Å². The largest absolute Gasteiger partial charge is 0.289 e. The van der Waals surface area contributed by atoms with Crippen LogP contribution in [0.15, 0.2) is 48.7 Å². The van der Waals surface area contributed by atoms with E-state index in [1.165, 1.54) is 5.56 Å². The minimum atomic E-state index is 0.0672. The zero-order chi connectivity index (χ0) is 15.0. The van der Waals surface area contributed by atoms with Crippen LogP contribution in [0, 0.1) is 20.8 Å². The lowest BCUT2D eigenvalue weighted by atomic mass is 9.93. The summed E-state index contributed by atoms with van der Waals surface area (Å²) in [5, 5.41) is 1.05. The number of benzene rings is 2. The number of hydrogen-bond donors (Lipinski definition) is 0. The van der Waals surface area contributed by atoms with Crippen LogP contribution in [0.3, 0.4) is 0 Å². The van der Waals surface area contributed by atoms with Gasteiger partial charge in [-0.2, -0.15) is 0 Å². The van der Waals surface area contributed by atoms with E-state index in [0.717, 1.165) is 27.6 Å². The Morgan fingerprint density at radius 1 is 0.952 bits per heavy atom. The third-order valence-corrected chi connectivity index (χ3v) is 3.77. The normalized spacial score (nSPS) is 10.8. The summed E-state index contributed by atoms with van der Waals surface area (Å²) in [6, 6.07) is 13.7. The minimum Gasteiger partial charge on any atom is -0.289 e. The van der Waals surface area contributed by atoms with Crippen molar-refractivity contribution in [2.45, 2.75) is 20.8 Å². The highest BCUT2D eigenvalue weighted by molar-refractivity contribution is 6.12. The third kappa shape index (κ3) is 2.45. The predicted molar refractivity (Wildman–Crippen MR) is 85.8 cm³/mol. The van der Waals surface area contributed by atoms with E-state index in [9.17, 15) is 4.79 Å². The Bertz CT molecular complexity index is 826. The molecule has 1 heterocycles. The molecule has 2 nitrogen and oxygen atoms in total. The first kappa shape index (κ1) is 13.5. The van der Waals surface area contributed by atoms with Crippen molar-refractivity contribution in [1.82, 2.24) is 4.98 Å². The second kappa shape index (κ2) is 5.13. The molecule has 0 aliphatic heterocycles. The molecule has 0 fully saturated rings. The quantitative estimate of drug-likeness (QED) is 0.649. The molecule has 0 saturated heterocycles. The van der Waals surface area contributed by atoms with Crippen molar-refractivity contribution in [3.8, 4) is 0 Å². The number of rotatable bonds is 2. The fraction of sp³-hybridized carbons (Fsp3) is 0.158. The Labute approximate surface area is 124 Å². The zero-order valence-corrected chi connectivity index (χ0v) is 12.5. The van der Waals surface area contributed by atoms with Crippen molar-refractivity contribution in [2.75, 3.05) is 0 Å². The van der Waals surface area contributed by atoms with Crippen LogP contribution in [-0.2, 0) is 0 Å². The maximum atomic E-state index is 12.8. The first-order valence-electron chi connectivity index (χ1n) is 7.03. The van der Waals surface area contributed by atoms with Gasteiger partial charge in [-0.25, -0.2) is 0 Å². The van der Waals surface area contributed by atoms with Crippen LogP contribution >= 0.6 is 0 Å². The molecular weight excluding hydrogens is 258 g/mol. The number of aromatic nitrogens is 1. The summed E-state index contributed by atoms with van der Waals surface area (Å²) in [6.07, 6.45) is 1.75. The number of pyridine rings is 1. The van der Waals surface area contributed by atoms with Gasteiger partial charge < -0.3 is 0 Å². The van der Waals surface area contributed by atoms with Gasteiger partial charge in [0.1, 0.15) is 0 Å². The molecule has 0 aliphatic carbocycles. The number of carbonyl (C=O) groups excluding carboxylic acids is 1. The fourth-order valence-electron chi connectivity index (χ4n) is 2.89. The molecule has 0 atom stereocenters. The molecule has 0 unspecified atom stereocenters. The van der Waals surface area contributed by atoms with E-state index >= 15 is 0 Å². The van der Waals surface area contributed by atoms with Crippen LogP contribution in [0.4, 0.5) is 0 Å². The van der Waals surface area contributed by atoms with Gasteiger partial charge in [-0.1, -0.05) is 35.9 Å². The van der Waals surface area contributed by atoms with Gasteiger partial charge in [0.15, 0.2) is 5.78 Å². The number of ketones is 1. The van der Waals surface area contributed by atoms with Gasteiger partial charge in [-0.15, -0.1) is 0 Å². The summed E-state index contributed by atoms with van der Waals surface area (Å²) < 4.78 is 0. The smallest absolute Gasteiger partial charge is 0.193 e. The van der Waals surface area contributed by atoms with E-state index in [-0.39, 0.29) is 5.78 Å². The van der Waals surface area contributed by atoms with Crippen LogP contribution in [-0.4, -0.2) is 10.8 Å². The van der Waals surface area contributed by atoms with E-state index in [0.29, 0.717) is 5.56 Å². The summed E-state index contributed by atoms with van der Waals surface area (Å²) >= 11 is 0. The molecule has 21 heavy (non-hydrogen) atoms. The summed E-state index contributed by atoms with van der Waals surface area (Å²) in [7, 11) is 0. The first-order chi connectivity index (χ1) is 10.1. The topological polar surface area (TPSA) is 30.0 Å². The second-order valence-corrected chi connectivity index (χ2v) is 5.51. The molecule has 3 aromatic rings. The van der Waals surface area contributed by atoms with Crippen LogP contribution in [0.2, 0.25) is 0 Å². The van der Waals surface area contributed by atoms with Crippen molar-refractivity contribution in [3.63, 3.8) is 0 Å².